The Morgan fingerprint density at radius 1 is 1.28 bits per heavy atom. The molecular formula is C18H19BrINO4. The van der Waals surface area contributed by atoms with Crippen molar-refractivity contribution >= 4 is 50.3 Å². The van der Waals surface area contributed by atoms with Gasteiger partial charge in [0.2, 0.25) is 0 Å². The van der Waals surface area contributed by atoms with Crippen LogP contribution in [0.3, 0.4) is 0 Å². The zero-order valence-electron chi connectivity index (χ0n) is 13.6. The molecule has 0 saturated carbocycles. The van der Waals surface area contributed by atoms with Crippen molar-refractivity contribution < 1.29 is 19.7 Å². The molecule has 25 heavy (non-hydrogen) atoms. The highest BCUT2D eigenvalue weighted by Crippen LogP contribution is 2.35. The molecule has 2 atom stereocenters. The maximum Gasteiger partial charge on any atom is 0.412 e. The number of phenolic OH excluding ortho intramolecular Hbond substituents is 1. The summed E-state index contributed by atoms with van der Waals surface area (Å²) in [6, 6.07) is 12.3. The quantitative estimate of drug-likeness (QED) is 0.466. The highest BCUT2D eigenvalue weighted by Gasteiger charge is 2.26. The molecule has 0 heterocycles. The molecule has 2 rings (SSSR count). The topological polar surface area (TPSA) is 78.8 Å². The third-order valence-electron chi connectivity index (χ3n) is 3.72. The zero-order chi connectivity index (χ0) is 18.4. The van der Waals surface area contributed by atoms with Crippen molar-refractivity contribution in [2.24, 2.45) is 5.92 Å². The number of phenols is 1. The van der Waals surface area contributed by atoms with Crippen LogP contribution in [0.2, 0.25) is 0 Å². The number of rotatable bonds is 6. The Hall–Kier alpha value is -1.32. The molecule has 0 unspecified atom stereocenters. The van der Waals surface area contributed by atoms with Gasteiger partial charge in [-0.1, -0.05) is 22.9 Å². The zero-order valence-corrected chi connectivity index (χ0v) is 17.3. The van der Waals surface area contributed by atoms with Crippen molar-refractivity contribution in [2.45, 2.75) is 19.4 Å². The lowest BCUT2D eigenvalue weighted by atomic mass is 9.94. The molecule has 134 valence electrons. The minimum atomic E-state index is -0.669. The summed E-state index contributed by atoms with van der Waals surface area (Å²) >= 11 is 5.47. The van der Waals surface area contributed by atoms with Crippen LogP contribution in [0, 0.1) is 9.49 Å². The van der Waals surface area contributed by atoms with Crippen molar-refractivity contribution in [1.29, 1.82) is 0 Å². The second kappa shape index (κ2) is 9.40. The summed E-state index contributed by atoms with van der Waals surface area (Å²) in [5, 5.41) is 22.1. The van der Waals surface area contributed by atoms with Gasteiger partial charge in [0.05, 0.1) is 0 Å². The second-order valence-corrected chi connectivity index (χ2v) is 7.81. The molecule has 0 aliphatic heterocycles. The second-order valence-electron chi connectivity index (χ2n) is 5.65. The number of aromatic hydroxyl groups is 1. The van der Waals surface area contributed by atoms with Crippen molar-refractivity contribution in [3.63, 3.8) is 0 Å². The first-order chi connectivity index (χ1) is 11.9. The Morgan fingerprint density at radius 3 is 2.60 bits per heavy atom. The third kappa shape index (κ3) is 5.86. The van der Waals surface area contributed by atoms with E-state index < -0.39 is 12.2 Å². The lowest BCUT2D eigenvalue weighted by Crippen LogP contribution is -2.22. The summed E-state index contributed by atoms with van der Waals surface area (Å²) in [5.74, 6) is -0.101. The van der Waals surface area contributed by atoms with Gasteiger partial charge >= 0.3 is 6.09 Å². The average molecular weight is 520 g/mol. The first-order valence-corrected chi connectivity index (χ1v) is 9.60. The van der Waals surface area contributed by atoms with Gasteiger partial charge in [0.15, 0.2) is 0 Å². The van der Waals surface area contributed by atoms with E-state index >= 15 is 0 Å². The standard InChI is InChI=1S/C18H19BrINO4/c1-11(8-9-22)17(15-10-13(20)4-7-16(15)23)25-18(24)21-14-5-2-12(19)3-6-14/h2-7,10-11,17,22-23H,8-9H2,1H3,(H,21,24)/t11-,17+/m0/s1. The van der Waals surface area contributed by atoms with Gasteiger partial charge in [0, 0.05) is 25.9 Å². The maximum atomic E-state index is 12.3. The van der Waals surface area contributed by atoms with Crippen molar-refractivity contribution in [1.82, 2.24) is 0 Å². The molecule has 0 bridgehead atoms. The number of nitrogens with one attached hydrogen (secondary N) is 1. The van der Waals surface area contributed by atoms with Gasteiger partial charge in [-0.2, -0.15) is 0 Å². The third-order valence-corrected chi connectivity index (χ3v) is 4.92. The molecule has 0 spiro atoms. The molecule has 0 saturated heterocycles. The Labute approximate surface area is 168 Å². The summed E-state index contributed by atoms with van der Waals surface area (Å²) in [6.07, 6.45) is -0.839. The van der Waals surface area contributed by atoms with E-state index in [-0.39, 0.29) is 18.3 Å². The van der Waals surface area contributed by atoms with Crippen molar-refractivity contribution in [2.75, 3.05) is 11.9 Å². The fourth-order valence-corrected chi connectivity index (χ4v) is 3.17. The lowest BCUT2D eigenvalue weighted by Gasteiger charge is -2.25. The highest BCUT2D eigenvalue weighted by molar-refractivity contribution is 14.1. The van der Waals surface area contributed by atoms with Gasteiger partial charge in [-0.3, -0.25) is 5.32 Å². The number of benzene rings is 2. The van der Waals surface area contributed by atoms with E-state index in [0.29, 0.717) is 17.7 Å². The smallest absolute Gasteiger partial charge is 0.412 e. The summed E-state index contributed by atoms with van der Waals surface area (Å²) in [6.45, 7) is 1.84. The Balaban J connectivity index is 2.19. The predicted octanol–water partition coefficient (Wildman–Crippen LogP) is 5.07. The van der Waals surface area contributed by atoms with Crippen LogP contribution in [0.1, 0.15) is 25.0 Å². The van der Waals surface area contributed by atoms with Crippen LogP contribution in [-0.2, 0) is 4.74 Å². The first kappa shape index (κ1) is 20.0. The Kier molecular flexibility index (Phi) is 7.52. The van der Waals surface area contributed by atoms with Crippen molar-refractivity contribution in [3.05, 3.63) is 56.1 Å². The molecule has 0 aromatic heterocycles. The van der Waals surface area contributed by atoms with Gasteiger partial charge < -0.3 is 14.9 Å². The van der Waals surface area contributed by atoms with E-state index in [1.54, 1.807) is 30.3 Å². The summed E-state index contributed by atoms with van der Waals surface area (Å²) in [4.78, 5) is 12.3. The number of hydrogen-bond acceptors (Lipinski definition) is 4. The number of aliphatic hydroxyl groups excluding tert-OH is 1. The molecule has 2 aromatic carbocycles. The molecule has 2 aromatic rings. The predicted molar refractivity (Wildman–Crippen MR) is 109 cm³/mol. The van der Waals surface area contributed by atoms with Gasteiger partial charge in [0.25, 0.3) is 0 Å². The van der Waals surface area contributed by atoms with Crippen LogP contribution in [0.25, 0.3) is 0 Å². The summed E-state index contributed by atoms with van der Waals surface area (Å²) in [7, 11) is 0. The number of halogens is 2. The molecule has 7 heteroatoms. The van der Waals surface area contributed by atoms with Gasteiger partial charge in [0.1, 0.15) is 11.9 Å². The molecule has 1 amide bonds. The van der Waals surface area contributed by atoms with Crippen LogP contribution >= 0.6 is 38.5 Å². The number of amides is 1. The molecule has 0 aliphatic rings. The van der Waals surface area contributed by atoms with E-state index in [2.05, 4.69) is 43.8 Å². The van der Waals surface area contributed by atoms with Gasteiger partial charge in [-0.25, -0.2) is 4.79 Å². The molecular weight excluding hydrogens is 501 g/mol. The lowest BCUT2D eigenvalue weighted by molar-refractivity contribution is 0.0652. The van der Waals surface area contributed by atoms with Crippen LogP contribution in [0.4, 0.5) is 10.5 Å². The maximum absolute atomic E-state index is 12.3. The minimum Gasteiger partial charge on any atom is -0.508 e. The number of ether oxygens (including phenoxy) is 1. The highest BCUT2D eigenvalue weighted by atomic mass is 127. The summed E-state index contributed by atoms with van der Waals surface area (Å²) in [5.41, 5.74) is 1.13. The van der Waals surface area contributed by atoms with E-state index in [9.17, 15) is 15.0 Å². The molecule has 3 N–H and O–H groups in total. The molecule has 5 nitrogen and oxygen atoms in total. The minimum absolute atomic E-state index is 0.0277. The van der Waals surface area contributed by atoms with E-state index in [1.807, 2.05) is 19.1 Å². The van der Waals surface area contributed by atoms with Crippen LogP contribution in [0.15, 0.2) is 46.9 Å². The molecule has 0 radical (unpaired) electrons. The summed E-state index contributed by atoms with van der Waals surface area (Å²) < 4.78 is 7.41. The average Bonchev–Trinajstić information content (AvgIpc) is 2.57. The van der Waals surface area contributed by atoms with Gasteiger partial charge in [-0.15, -0.1) is 0 Å². The van der Waals surface area contributed by atoms with Crippen LogP contribution < -0.4 is 5.32 Å². The number of carbonyl (C=O) groups is 1. The number of hydrogen-bond donors (Lipinski definition) is 3. The van der Waals surface area contributed by atoms with Crippen molar-refractivity contribution in [3.8, 4) is 5.75 Å². The van der Waals surface area contributed by atoms with E-state index in [1.165, 1.54) is 0 Å². The number of aliphatic hydroxyl groups is 1. The molecule has 0 aliphatic carbocycles. The Bertz CT molecular complexity index is 724. The van der Waals surface area contributed by atoms with Crippen LogP contribution in [-0.4, -0.2) is 22.9 Å². The van der Waals surface area contributed by atoms with Gasteiger partial charge in [-0.05, 0) is 77.4 Å². The molecule has 0 fully saturated rings. The monoisotopic (exact) mass is 519 g/mol. The SMILES string of the molecule is C[C@@H](CCO)[C@@H](OC(=O)Nc1ccc(Br)cc1)c1cc(I)ccc1O. The Morgan fingerprint density at radius 2 is 1.96 bits per heavy atom. The van der Waals surface area contributed by atoms with E-state index in [0.717, 1.165) is 8.04 Å². The number of carbonyl (C=O) groups excluding carboxylic acids is 1. The largest absolute Gasteiger partial charge is 0.508 e. The van der Waals surface area contributed by atoms with E-state index in [4.69, 9.17) is 4.74 Å². The first-order valence-electron chi connectivity index (χ1n) is 7.73. The normalized spacial score (nSPS) is 13.1. The van der Waals surface area contributed by atoms with Crippen LogP contribution in [0.5, 0.6) is 5.75 Å². The fourth-order valence-electron chi connectivity index (χ4n) is 2.39. The number of anilines is 1. The fraction of sp³-hybridized carbons (Fsp3) is 0.278.